The number of nitrogens with zero attached hydrogens (tertiary/aromatic N) is 1. The molecule has 0 unspecified atom stereocenters. The van der Waals surface area contributed by atoms with Crippen LogP contribution in [0.5, 0.6) is 17.2 Å². The minimum Gasteiger partial charge on any atom is -0.491 e. The van der Waals surface area contributed by atoms with Crippen LogP contribution in [-0.4, -0.2) is 44.2 Å². The van der Waals surface area contributed by atoms with Crippen LogP contribution in [0.15, 0.2) is 99.2 Å². The van der Waals surface area contributed by atoms with Crippen molar-refractivity contribution in [2.45, 2.75) is 11.8 Å². The van der Waals surface area contributed by atoms with Crippen molar-refractivity contribution >= 4 is 65.8 Å². The van der Waals surface area contributed by atoms with Crippen molar-refractivity contribution in [1.82, 2.24) is 4.90 Å². The molecule has 11 heteroatoms. The molecule has 4 aromatic carbocycles. The Morgan fingerprint density at radius 3 is 2.41 bits per heavy atom. The topological polar surface area (TPSA) is 99.2 Å². The number of rotatable bonds is 10. The molecule has 1 aliphatic rings. The van der Waals surface area contributed by atoms with Gasteiger partial charge in [-0.15, -0.1) is 0 Å². The van der Waals surface area contributed by atoms with E-state index in [4.69, 9.17) is 13.7 Å². The number of ether oxygens (including phenoxy) is 2. The number of fused-ring (bicyclic) bond motifs is 1. The minimum atomic E-state index is -4.12. The van der Waals surface area contributed by atoms with E-state index in [9.17, 15) is 18.0 Å². The first-order chi connectivity index (χ1) is 19.8. The number of hydrogen-bond donors (Lipinski definition) is 0. The summed E-state index contributed by atoms with van der Waals surface area (Å²) in [4.78, 5) is 27.1. The Kier molecular flexibility index (Phi) is 8.67. The van der Waals surface area contributed by atoms with E-state index >= 15 is 0 Å². The molecule has 210 valence electrons. The fourth-order valence-electron chi connectivity index (χ4n) is 4.17. The van der Waals surface area contributed by atoms with Gasteiger partial charge in [0.05, 0.1) is 22.5 Å². The van der Waals surface area contributed by atoms with Crippen molar-refractivity contribution < 1.29 is 31.7 Å². The van der Waals surface area contributed by atoms with Gasteiger partial charge in [-0.05, 0) is 82.0 Å². The van der Waals surface area contributed by atoms with Gasteiger partial charge in [-0.2, -0.15) is 8.42 Å². The molecule has 8 nitrogen and oxygen atoms in total. The highest BCUT2D eigenvalue weighted by molar-refractivity contribution is 9.10. The van der Waals surface area contributed by atoms with Crippen molar-refractivity contribution in [1.29, 1.82) is 0 Å². The third-order valence-corrected chi connectivity index (χ3v) is 8.78. The zero-order valence-corrected chi connectivity index (χ0v) is 25.0. The molecule has 1 fully saturated rings. The summed E-state index contributed by atoms with van der Waals surface area (Å²) in [6.45, 7) is 2.22. The van der Waals surface area contributed by atoms with Crippen molar-refractivity contribution in [3.63, 3.8) is 0 Å². The van der Waals surface area contributed by atoms with Gasteiger partial charge in [0, 0.05) is 5.39 Å². The molecule has 1 heterocycles. The van der Waals surface area contributed by atoms with Gasteiger partial charge in [-0.25, -0.2) is 0 Å². The summed E-state index contributed by atoms with van der Waals surface area (Å²) in [6, 6.07) is 24.4. The third-order valence-electron chi connectivity index (χ3n) is 6.05. The molecule has 0 atom stereocenters. The van der Waals surface area contributed by atoms with Crippen LogP contribution in [-0.2, 0) is 14.9 Å². The van der Waals surface area contributed by atoms with Gasteiger partial charge >= 0.3 is 10.1 Å². The van der Waals surface area contributed by atoms with E-state index in [1.54, 1.807) is 43.3 Å². The van der Waals surface area contributed by atoms with Crippen molar-refractivity contribution in [2.24, 2.45) is 0 Å². The molecular formula is C30H24BrNO7S2. The lowest BCUT2D eigenvalue weighted by atomic mass is 10.1. The zero-order valence-electron chi connectivity index (χ0n) is 21.8. The van der Waals surface area contributed by atoms with Crippen molar-refractivity contribution in [2.75, 3.05) is 19.8 Å². The molecule has 0 aromatic heterocycles. The molecular weight excluding hydrogens is 630 g/mol. The Hall–Kier alpha value is -3.80. The van der Waals surface area contributed by atoms with E-state index in [0.717, 1.165) is 27.4 Å². The SMILES string of the molecule is CCOc1cc(/C=C2\SC(=O)N(CCOc3cccc4ccccc34)C2=O)cc(Br)c1OS(=O)(=O)c1ccccc1. The number of carbonyl (C=O) groups is 2. The summed E-state index contributed by atoms with van der Waals surface area (Å²) in [5.74, 6) is 0.375. The van der Waals surface area contributed by atoms with Crippen LogP contribution in [0.2, 0.25) is 0 Å². The maximum Gasteiger partial charge on any atom is 0.339 e. The van der Waals surface area contributed by atoms with Gasteiger partial charge < -0.3 is 13.7 Å². The second kappa shape index (κ2) is 12.4. The van der Waals surface area contributed by atoms with Crippen LogP contribution in [0.4, 0.5) is 4.79 Å². The molecule has 41 heavy (non-hydrogen) atoms. The maximum atomic E-state index is 13.1. The van der Waals surface area contributed by atoms with Gasteiger partial charge in [0.2, 0.25) is 0 Å². The fourth-order valence-corrected chi connectivity index (χ4v) is 6.66. The van der Waals surface area contributed by atoms with Crippen molar-refractivity contribution in [3.05, 3.63) is 99.9 Å². The monoisotopic (exact) mass is 653 g/mol. The molecule has 0 spiro atoms. The molecule has 4 aromatic rings. The normalized spacial score (nSPS) is 14.6. The van der Waals surface area contributed by atoms with Crippen LogP contribution in [0.3, 0.4) is 0 Å². The number of carbonyl (C=O) groups excluding carboxylic acids is 2. The van der Waals surface area contributed by atoms with Crippen molar-refractivity contribution in [3.8, 4) is 17.2 Å². The van der Waals surface area contributed by atoms with E-state index in [1.807, 2.05) is 42.5 Å². The van der Waals surface area contributed by atoms with Gasteiger partial charge in [0.1, 0.15) is 17.3 Å². The molecule has 0 N–H and O–H groups in total. The number of benzene rings is 4. The number of imide groups is 1. The average molecular weight is 655 g/mol. The predicted molar refractivity (Wildman–Crippen MR) is 162 cm³/mol. The highest BCUT2D eigenvalue weighted by Crippen LogP contribution is 2.40. The van der Waals surface area contributed by atoms with Crippen LogP contribution < -0.4 is 13.7 Å². The minimum absolute atomic E-state index is 0.00321. The Morgan fingerprint density at radius 1 is 0.902 bits per heavy atom. The smallest absolute Gasteiger partial charge is 0.339 e. The molecule has 0 aliphatic carbocycles. The van der Waals surface area contributed by atoms with E-state index in [2.05, 4.69) is 15.9 Å². The molecule has 0 saturated carbocycles. The number of hydrogen-bond acceptors (Lipinski definition) is 8. The molecule has 1 saturated heterocycles. The standard InChI is InChI=1S/C30H24BrNO7S2/c1-2-37-26-18-20(17-24(31)28(26)39-41(35,36)22-11-4-3-5-12-22)19-27-29(33)32(30(34)40-27)15-16-38-25-14-8-10-21-9-6-7-13-23(21)25/h3-14,17-19H,2,15-16H2,1H3/b27-19-. The lowest BCUT2D eigenvalue weighted by Crippen LogP contribution is -2.32. The highest BCUT2D eigenvalue weighted by Gasteiger charge is 2.35. The lowest BCUT2D eigenvalue weighted by molar-refractivity contribution is -0.123. The summed E-state index contributed by atoms with van der Waals surface area (Å²) in [5.41, 5.74) is 0.516. The average Bonchev–Trinajstić information content (AvgIpc) is 3.23. The fraction of sp³-hybridized carbons (Fsp3) is 0.133. The summed E-state index contributed by atoms with van der Waals surface area (Å²) in [7, 11) is -4.12. The molecule has 5 rings (SSSR count). The molecule has 2 amide bonds. The van der Waals surface area contributed by atoms with Crippen LogP contribution >= 0.6 is 27.7 Å². The Balaban J connectivity index is 1.32. The Morgan fingerprint density at radius 2 is 1.63 bits per heavy atom. The van der Waals surface area contributed by atoms with Crippen LogP contribution in [0.25, 0.3) is 16.8 Å². The lowest BCUT2D eigenvalue weighted by Gasteiger charge is -2.15. The van der Waals surface area contributed by atoms with E-state index < -0.39 is 21.3 Å². The summed E-state index contributed by atoms with van der Waals surface area (Å²) in [6.07, 6.45) is 1.55. The first-order valence-corrected chi connectivity index (χ1v) is 15.6. The predicted octanol–water partition coefficient (Wildman–Crippen LogP) is 6.88. The Labute approximate surface area is 250 Å². The van der Waals surface area contributed by atoms with Crippen LogP contribution in [0.1, 0.15) is 12.5 Å². The van der Waals surface area contributed by atoms with E-state index in [1.165, 1.54) is 12.1 Å². The molecule has 0 radical (unpaired) electrons. The molecule has 0 bridgehead atoms. The number of amides is 2. The number of thioether (sulfide) groups is 1. The maximum absolute atomic E-state index is 13.1. The third kappa shape index (κ3) is 6.42. The van der Waals surface area contributed by atoms with Gasteiger partial charge in [0.25, 0.3) is 11.1 Å². The second-order valence-electron chi connectivity index (χ2n) is 8.77. The van der Waals surface area contributed by atoms with E-state index in [0.29, 0.717) is 15.8 Å². The summed E-state index contributed by atoms with van der Waals surface area (Å²) >= 11 is 4.19. The second-order valence-corrected chi connectivity index (χ2v) is 12.2. The first kappa shape index (κ1) is 28.7. The van der Waals surface area contributed by atoms with Crippen LogP contribution in [0, 0.1) is 0 Å². The summed E-state index contributed by atoms with van der Waals surface area (Å²) < 4.78 is 42.9. The Bertz CT molecular complexity index is 1750. The van der Waals surface area contributed by atoms with E-state index in [-0.39, 0.29) is 41.1 Å². The summed E-state index contributed by atoms with van der Waals surface area (Å²) in [5, 5.41) is 1.58. The first-order valence-electron chi connectivity index (χ1n) is 12.6. The van der Waals surface area contributed by atoms with Gasteiger partial charge in [0.15, 0.2) is 11.5 Å². The quantitative estimate of drug-likeness (QED) is 0.135. The number of halogens is 1. The largest absolute Gasteiger partial charge is 0.491 e. The highest BCUT2D eigenvalue weighted by atomic mass is 79.9. The van der Waals surface area contributed by atoms with Gasteiger partial charge in [-0.3, -0.25) is 14.5 Å². The van der Waals surface area contributed by atoms with Gasteiger partial charge in [-0.1, -0.05) is 54.6 Å². The molecule has 1 aliphatic heterocycles. The zero-order chi connectivity index (χ0) is 29.0.